The second-order valence-electron chi connectivity index (χ2n) is 5.94. The maximum absolute atomic E-state index is 12.7. The van der Waals surface area contributed by atoms with E-state index >= 15 is 0 Å². The Morgan fingerprint density at radius 2 is 2.00 bits per heavy atom. The van der Waals surface area contributed by atoms with E-state index in [9.17, 15) is 9.59 Å². The highest BCUT2D eigenvalue weighted by atomic mass is 32.2. The minimum atomic E-state index is -0.417. The summed E-state index contributed by atoms with van der Waals surface area (Å²) in [5, 5.41) is 4.50. The topological polar surface area (TPSA) is 77.0 Å². The summed E-state index contributed by atoms with van der Waals surface area (Å²) in [5.74, 6) is -0.325. The average Bonchev–Trinajstić information content (AvgIpc) is 3.19. The van der Waals surface area contributed by atoms with Gasteiger partial charge in [-0.15, -0.1) is 5.10 Å². The third-order valence-electron chi connectivity index (χ3n) is 4.05. The number of esters is 1. The number of aryl methyl sites for hydroxylation is 1. The molecular formula is C19H19N3O3S3. The number of aromatic amines is 1. The van der Waals surface area contributed by atoms with Crippen molar-refractivity contribution in [1.82, 2.24) is 14.8 Å². The first-order valence-electron chi connectivity index (χ1n) is 8.60. The van der Waals surface area contributed by atoms with Crippen LogP contribution in [0.2, 0.25) is 0 Å². The summed E-state index contributed by atoms with van der Waals surface area (Å²) in [6, 6.07) is 9.63. The zero-order chi connectivity index (χ0) is 20.3. The number of nitrogens with zero attached hydrogens (tertiary/aromatic N) is 2. The normalized spacial score (nSPS) is 10.8. The molecule has 0 unspecified atom stereocenters. The zero-order valence-electron chi connectivity index (χ0n) is 15.6. The van der Waals surface area contributed by atoms with E-state index in [1.807, 2.05) is 30.3 Å². The van der Waals surface area contributed by atoms with Crippen molar-refractivity contribution >= 4 is 47.1 Å². The van der Waals surface area contributed by atoms with Crippen LogP contribution in [0.25, 0.3) is 5.69 Å². The van der Waals surface area contributed by atoms with Gasteiger partial charge in [-0.05, 0) is 50.7 Å². The first-order chi connectivity index (χ1) is 13.4. The van der Waals surface area contributed by atoms with Gasteiger partial charge in [-0.25, -0.2) is 9.48 Å². The number of rotatable bonds is 7. The van der Waals surface area contributed by atoms with Crippen LogP contribution in [0.1, 0.15) is 39.0 Å². The molecule has 3 aromatic rings. The van der Waals surface area contributed by atoms with Gasteiger partial charge in [-0.2, -0.15) is 0 Å². The summed E-state index contributed by atoms with van der Waals surface area (Å²) < 4.78 is 8.10. The highest BCUT2D eigenvalue weighted by Crippen LogP contribution is 2.26. The Kier molecular flexibility index (Phi) is 6.48. The molecule has 3 rings (SSSR count). The fourth-order valence-electron chi connectivity index (χ4n) is 2.79. The number of benzene rings is 1. The summed E-state index contributed by atoms with van der Waals surface area (Å²) in [6.45, 7) is 5.55. The van der Waals surface area contributed by atoms with E-state index in [2.05, 4.69) is 10.1 Å². The number of Topliss-reactive ketones (excluding diaryl/α,β-unsaturated/α-hetero) is 1. The van der Waals surface area contributed by atoms with Crippen molar-refractivity contribution < 1.29 is 14.3 Å². The quantitative estimate of drug-likeness (QED) is 0.251. The molecule has 0 radical (unpaired) electrons. The smallest absolute Gasteiger partial charge is 0.340 e. The molecule has 0 amide bonds. The van der Waals surface area contributed by atoms with Crippen LogP contribution >= 0.6 is 35.3 Å². The van der Waals surface area contributed by atoms with E-state index in [1.165, 1.54) is 23.1 Å². The van der Waals surface area contributed by atoms with Gasteiger partial charge in [0.05, 0.1) is 29.3 Å². The van der Waals surface area contributed by atoms with Crippen molar-refractivity contribution in [2.24, 2.45) is 0 Å². The maximum Gasteiger partial charge on any atom is 0.340 e. The average molecular weight is 434 g/mol. The predicted molar refractivity (Wildman–Crippen MR) is 114 cm³/mol. The molecule has 0 aliphatic rings. The Bertz CT molecular complexity index is 1070. The van der Waals surface area contributed by atoms with Gasteiger partial charge in [-0.3, -0.25) is 4.79 Å². The molecule has 0 bridgehead atoms. The standard InChI is InChI=1S/C19H19N3O3S3/c1-4-25-17(24)15-11(2)16(20-12(15)3)14(23)10-27-18-21-22(19(26)28-18)13-8-6-5-7-9-13/h5-9,20H,4,10H2,1-3H3. The van der Waals surface area contributed by atoms with E-state index in [0.29, 0.717) is 30.8 Å². The number of ether oxygens (including phenoxy) is 1. The molecule has 1 N–H and O–H groups in total. The van der Waals surface area contributed by atoms with E-state index in [4.69, 9.17) is 17.0 Å². The van der Waals surface area contributed by atoms with Crippen LogP contribution in [0.5, 0.6) is 0 Å². The van der Waals surface area contributed by atoms with Gasteiger partial charge in [0, 0.05) is 5.69 Å². The maximum atomic E-state index is 12.7. The van der Waals surface area contributed by atoms with Gasteiger partial charge in [0.1, 0.15) is 0 Å². The summed E-state index contributed by atoms with van der Waals surface area (Å²) in [4.78, 5) is 27.8. The number of H-pyrrole nitrogens is 1. The molecule has 146 valence electrons. The molecule has 2 heterocycles. The number of ketones is 1. The number of aromatic nitrogens is 3. The van der Waals surface area contributed by atoms with Crippen LogP contribution in [-0.2, 0) is 4.74 Å². The fraction of sp³-hybridized carbons (Fsp3) is 0.263. The Morgan fingerprint density at radius 3 is 2.68 bits per heavy atom. The first-order valence-corrected chi connectivity index (χ1v) is 10.8. The molecule has 0 aliphatic carbocycles. The van der Waals surface area contributed by atoms with E-state index in [0.717, 1.165) is 5.69 Å². The Hall–Kier alpha value is -2.23. The van der Waals surface area contributed by atoms with Crippen LogP contribution in [0.15, 0.2) is 34.7 Å². The molecule has 0 spiro atoms. The minimum absolute atomic E-state index is 0.103. The highest BCUT2D eigenvalue weighted by molar-refractivity contribution is 8.01. The van der Waals surface area contributed by atoms with Gasteiger partial charge < -0.3 is 9.72 Å². The van der Waals surface area contributed by atoms with Crippen LogP contribution < -0.4 is 0 Å². The van der Waals surface area contributed by atoms with E-state index in [1.54, 1.807) is 25.5 Å². The lowest BCUT2D eigenvalue weighted by Gasteiger charge is -2.02. The molecule has 0 atom stereocenters. The molecular weight excluding hydrogens is 414 g/mol. The molecule has 28 heavy (non-hydrogen) atoms. The van der Waals surface area contributed by atoms with Gasteiger partial charge in [-0.1, -0.05) is 41.3 Å². The number of hydrogen-bond donors (Lipinski definition) is 1. The lowest BCUT2D eigenvalue weighted by atomic mass is 10.1. The molecule has 0 saturated heterocycles. The van der Waals surface area contributed by atoms with Gasteiger partial charge in [0.25, 0.3) is 0 Å². The second-order valence-corrected chi connectivity index (χ2v) is 8.78. The molecule has 9 heteroatoms. The summed E-state index contributed by atoms with van der Waals surface area (Å²) >= 11 is 8.08. The number of hydrogen-bond acceptors (Lipinski definition) is 7. The van der Waals surface area contributed by atoms with Crippen LogP contribution in [0, 0.1) is 17.8 Å². The number of thioether (sulfide) groups is 1. The minimum Gasteiger partial charge on any atom is -0.462 e. The highest BCUT2D eigenvalue weighted by Gasteiger charge is 2.23. The number of carbonyl (C=O) groups excluding carboxylic acids is 2. The van der Waals surface area contributed by atoms with Crippen LogP contribution in [0.4, 0.5) is 0 Å². The number of nitrogens with one attached hydrogen (secondary N) is 1. The summed E-state index contributed by atoms with van der Waals surface area (Å²) in [5.41, 5.74) is 2.99. The van der Waals surface area contributed by atoms with E-state index < -0.39 is 5.97 Å². The van der Waals surface area contributed by atoms with Crippen molar-refractivity contribution in [3.63, 3.8) is 0 Å². The molecule has 0 aliphatic heterocycles. The van der Waals surface area contributed by atoms with Crippen LogP contribution in [-0.4, -0.2) is 38.9 Å². The predicted octanol–water partition coefficient (Wildman–Crippen LogP) is 4.76. The molecule has 1 aromatic carbocycles. The number of carbonyl (C=O) groups is 2. The van der Waals surface area contributed by atoms with Gasteiger partial charge in [0.2, 0.25) is 0 Å². The molecule has 2 aromatic heterocycles. The van der Waals surface area contributed by atoms with E-state index in [-0.39, 0.29) is 18.1 Å². The van der Waals surface area contributed by atoms with Crippen molar-refractivity contribution in [3.05, 3.63) is 56.8 Å². The van der Waals surface area contributed by atoms with Crippen molar-refractivity contribution in [2.45, 2.75) is 25.1 Å². The molecule has 0 saturated carbocycles. The Balaban J connectivity index is 1.74. The molecule has 0 fully saturated rings. The van der Waals surface area contributed by atoms with Crippen molar-refractivity contribution in [1.29, 1.82) is 0 Å². The molecule has 6 nitrogen and oxygen atoms in total. The monoisotopic (exact) mass is 433 g/mol. The van der Waals surface area contributed by atoms with Crippen LogP contribution in [0.3, 0.4) is 0 Å². The van der Waals surface area contributed by atoms with Gasteiger partial charge in [0.15, 0.2) is 14.1 Å². The largest absolute Gasteiger partial charge is 0.462 e. The lowest BCUT2D eigenvalue weighted by Crippen LogP contribution is -2.08. The second kappa shape index (κ2) is 8.85. The Morgan fingerprint density at radius 1 is 1.29 bits per heavy atom. The van der Waals surface area contributed by atoms with Crippen molar-refractivity contribution in [2.75, 3.05) is 12.4 Å². The third-order valence-corrected chi connectivity index (χ3v) is 6.42. The van der Waals surface area contributed by atoms with Crippen molar-refractivity contribution in [3.8, 4) is 5.69 Å². The van der Waals surface area contributed by atoms with Gasteiger partial charge >= 0.3 is 5.97 Å². The third kappa shape index (κ3) is 4.26. The fourth-order valence-corrected chi connectivity index (χ4v) is 5.02. The zero-order valence-corrected chi connectivity index (χ0v) is 18.1. The first kappa shape index (κ1) is 20.5. The lowest BCUT2D eigenvalue weighted by molar-refractivity contribution is 0.0525. The Labute approximate surface area is 175 Å². The summed E-state index contributed by atoms with van der Waals surface area (Å²) in [7, 11) is 0. The SMILES string of the molecule is CCOC(=O)c1c(C)[nH]c(C(=O)CSc2nn(-c3ccccc3)c(=S)s2)c1C. The number of para-hydroxylation sites is 1. The summed E-state index contributed by atoms with van der Waals surface area (Å²) in [6.07, 6.45) is 0.